The summed E-state index contributed by atoms with van der Waals surface area (Å²) in [6, 6.07) is 2.55. The van der Waals surface area contributed by atoms with Crippen LogP contribution in [0, 0.1) is 5.82 Å². The summed E-state index contributed by atoms with van der Waals surface area (Å²) in [5.41, 5.74) is -0.408. The molecule has 0 amide bonds. The minimum atomic E-state index is -1.32. The van der Waals surface area contributed by atoms with Crippen LogP contribution in [0.5, 0.6) is 11.5 Å². The van der Waals surface area contributed by atoms with E-state index in [1.807, 2.05) is 0 Å². The Kier molecular flexibility index (Phi) is 1.99. The molecular weight excluding hydrogens is 191 g/mol. The average Bonchev–Trinajstić information content (AvgIpc) is 2.18. The first-order chi connectivity index (χ1) is 6.70. The van der Waals surface area contributed by atoms with Gasteiger partial charge in [0.2, 0.25) is 0 Å². The van der Waals surface area contributed by atoms with E-state index in [2.05, 4.69) is 0 Å². The molecule has 1 aromatic carbocycles. The molecule has 1 aromatic rings. The van der Waals surface area contributed by atoms with E-state index in [1.54, 1.807) is 0 Å². The van der Waals surface area contributed by atoms with E-state index in [1.165, 1.54) is 6.07 Å². The lowest BCUT2D eigenvalue weighted by Gasteiger charge is -2.19. The number of carbonyl (C=O) groups is 1. The molecule has 0 unspecified atom stereocenters. The first kappa shape index (κ1) is 8.80. The quantitative estimate of drug-likeness (QED) is 0.738. The topological polar surface area (TPSA) is 55.8 Å². The molecule has 0 radical (unpaired) electrons. The van der Waals surface area contributed by atoms with Gasteiger partial charge in [0.15, 0.2) is 17.3 Å². The number of carboxylic acid groups (broad SMARTS) is 1. The fourth-order valence-corrected chi connectivity index (χ4v) is 1.25. The van der Waals surface area contributed by atoms with Crippen molar-refractivity contribution in [1.82, 2.24) is 0 Å². The van der Waals surface area contributed by atoms with Crippen LogP contribution in [0.1, 0.15) is 10.4 Å². The largest absolute Gasteiger partial charge is 0.486 e. The molecule has 0 fully saturated rings. The summed E-state index contributed by atoms with van der Waals surface area (Å²) in [5.74, 6) is -2.07. The third kappa shape index (κ3) is 1.26. The molecule has 0 saturated heterocycles. The second-order valence-corrected chi connectivity index (χ2v) is 2.76. The molecule has 1 N–H and O–H groups in total. The molecule has 0 aliphatic carbocycles. The Labute approximate surface area is 78.9 Å². The van der Waals surface area contributed by atoms with Crippen LogP contribution in [-0.2, 0) is 0 Å². The van der Waals surface area contributed by atoms with E-state index in [0.717, 1.165) is 6.07 Å². The Morgan fingerprint density at radius 2 is 2.07 bits per heavy atom. The lowest BCUT2D eigenvalue weighted by Crippen LogP contribution is -2.17. The van der Waals surface area contributed by atoms with Gasteiger partial charge in [-0.1, -0.05) is 0 Å². The fourth-order valence-electron chi connectivity index (χ4n) is 1.25. The van der Waals surface area contributed by atoms with Crippen molar-refractivity contribution in [1.29, 1.82) is 0 Å². The van der Waals surface area contributed by atoms with E-state index in [0.29, 0.717) is 6.61 Å². The lowest BCUT2D eigenvalue weighted by molar-refractivity contribution is 0.0689. The Morgan fingerprint density at radius 1 is 1.36 bits per heavy atom. The van der Waals surface area contributed by atoms with Gasteiger partial charge in [0.25, 0.3) is 0 Å². The molecule has 5 heteroatoms. The smallest absolute Gasteiger partial charge is 0.338 e. The van der Waals surface area contributed by atoms with Crippen molar-refractivity contribution in [3.8, 4) is 11.5 Å². The van der Waals surface area contributed by atoms with Crippen LogP contribution < -0.4 is 9.47 Å². The molecule has 1 aliphatic rings. The summed E-state index contributed by atoms with van der Waals surface area (Å²) >= 11 is 0. The minimum Gasteiger partial charge on any atom is -0.486 e. The highest BCUT2D eigenvalue weighted by Crippen LogP contribution is 2.34. The summed E-state index contributed by atoms with van der Waals surface area (Å²) < 4.78 is 23.5. The second kappa shape index (κ2) is 3.17. The molecule has 14 heavy (non-hydrogen) atoms. The minimum absolute atomic E-state index is 0.115. The van der Waals surface area contributed by atoms with Gasteiger partial charge in [-0.05, 0) is 12.1 Å². The van der Waals surface area contributed by atoms with Gasteiger partial charge in [-0.2, -0.15) is 0 Å². The van der Waals surface area contributed by atoms with Crippen LogP contribution in [0.4, 0.5) is 4.39 Å². The van der Waals surface area contributed by atoms with Gasteiger partial charge >= 0.3 is 5.97 Å². The zero-order chi connectivity index (χ0) is 10.1. The van der Waals surface area contributed by atoms with Gasteiger partial charge in [-0.3, -0.25) is 0 Å². The molecule has 1 heterocycles. The van der Waals surface area contributed by atoms with Gasteiger partial charge in [-0.25, -0.2) is 9.18 Å². The molecule has 0 saturated carbocycles. The molecule has 1 aliphatic heterocycles. The van der Waals surface area contributed by atoms with E-state index >= 15 is 0 Å². The van der Waals surface area contributed by atoms with Crippen LogP contribution in [-0.4, -0.2) is 24.3 Å². The standard InChI is InChI=1S/C9H7FO4/c10-7-5(9(11)12)1-2-6-8(7)14-4-3-13-6/h1-2H,3-4H2,(H,11,12). The first-order valence-electron chi connectivity index (χ1n) is 4.01. The number of halogens is 1. The zero-order valence-corrected chi connectivity index (χ0v) is 7.12. The first-order valence-corrected chi connectivity index (χ1v) is 4.01. The van der Waals surface area contributed by atoms with Gasteiger partial charge in [0, 0.05) is 0 Å². The average molecular weight is 198 g/mol. The van der Waals surface area contributed by atoms with Crippen molar-refractivity contribution in [2.24, 2.45) is 0 Å². The number of hydrogen-bond acceptors (Lipinski definition) is 3. The predicted molar refractivity (Wildman–Crippen MR) is 44.3 cm³/mol. The highest BCUT2D eigenvalue weighted by atomic mass is 19.1. The summed E-state index contributed by atoms with van der Waals surface area (Å²) in [6.45, 7) is 0.575. The monoisotopic (exact) mass is 198 g/mol. The van der Waals surface area contributed by atoms with E-state index in [4.69, 9.17) is 14.6 Å². The fraction of sp³-hybridized carbons (Fsp3) is 0.222. The number of benzene rings is 1. The summed E-state index contributed by atoms with van der Waals surface area (Å²) in [5, 5.41) is 8.63. The number of carboxylic acids is 1. The van der Waals surface area contributed by atoms with E-state index in [-0.39, 0.29) is 18.1 Å². The second-order valence-electron chi connectivity index (χ2n) is 2.76. The molecular formula is C9H7FO4. The maximum atomic E-state index is 13.4. The van der Waals surface area contributed by atoms with Crippen LogP contribution >= 0.6 is 0 Å². The van der Waals surface area contributed by atoms with Crippen molar-refractivity contribution in [3.63, 3.8) is 0 Å². The number of aromatic carboxylic acids is 1. The zero-order valence-electron chi connectivity index (χ0n) is 7.12. The Bertz CT molecular complexity index is 389. The molecule has 0 aromatic heterocycles. The van der Waals surface area contributed by atoms with Crippen molar-refractivity contribution < 1.29 is 23.8 Å². The maximum Gasteiger partial charge on any atom is 0.338 e. The highest BCUT2D eigenvalue weighted by Gasteiger charge is 2.22. The van der Waals surface area contributed by atoms with Gasteiger partial charge in [-0.15, -0.1) is 0 Å². The number of ether oxygens (including phenoxy) is 2. The number of fused-ring (bicyclic) bond motifs is 1. The SMILES string of the molecule is O=C(O)c1ccc2c(c1F)OCCO2. The number of hydrogen-bond donors (Lipinski definition) is 1. The highest BCUT2D eigenvalue weighted by molar-refractivity contribution is 5.89. The van der Waals surface area contributed by atoms with Crippen LogP contribution in [0.2, 0.25) is 0 Å². The van der Waals surface area contributed by atoms with Crippen molar-refractivity contribution >= 4 is 5.97 Å². The summed E-state index contributed by atoms with van der Waals surface area (Å²) in [4.78, 5) is 10.6. The molecule has 0 bridgehead atoms. The lowest BCUT2D eigenvalue weighted by atomic mass is 10.2. The van der Waals surface area contributed by atoms with Crippen molar-refractivity contribution in [3.05, 3.63) is 23.5 Å². The summed E-state index contributed by atoms with van der Waals surface area (Å²) in [7, 11) is 0. The normalized spacial score (nSPS) is 13.8. The van der Waals surface area contributed by atoms with E-state index < -0.39 is 17.3 Å². The third-order valence-electron chi connectivity index (χ3n) is 1.88. The van der Waals surface area contributed by atoms with Crippen LogP contribution in [0.15, 0.2) is 12.1 Å². The van der Waals surface area contributed by atoms with Gasteiger partial charge < -0.3 is 14.6 Å². The molecule has 0 spiro atoms. The Morgan fingerprint density at radius 3 is 2.79 bits per heavy atom. The van der Waals surface area contributed by atoms with Crippen molar-refractivity contribution in [2.75, 3.05) is 13.2 Å². The van der Waals surface area contributed by atoms with Crippen LogP contribution in [0.25, 0.3) is 0 Å². The van der Waals surface area contributed by atoms with Crippen LogP contribution in [0.3, 0.4) is 0 Å². The van der Waals surface area contributed by atoms with Crippen molar-refractivity contribution in [2.45, 2.75) is 0 Å². The molecule has 2 rings (SSSR count). The molecule has 4 nitrogen and oxygen atoms in total. The van der Waals surface area contributed by atoms with E-state index in [9.17, 15) is 9.18 Å². The van der Waals surface area contributed by atoms with Gasteiger partial charge in [0.1, 0.15) is 13.2 Å². The third-order valence-corrected chi connectivity index (χ3v) is 1.88. The maximum absolute atomic E-state index is 13.4. The predicted octanol–water partition coefficient (Wildman–Crippen LogP) is 1.30. The number of rotatable bonds is 1. The Balaban J connectivity index is 2.54. The summed E-state index contributed by atoms with van der Waals surface area (Å²) in [6.07, 6.45) is 0. The molecule has 0 atom stereocenters. The van der Waals surface area contributed by atoms with Gasteiger partial charge in [0.05, 0.1) is 5.56 Å². The molecule has 74 valence electrons. The Hall–Kier alpha value is -1.78.